The van der Waals surface area contributed by atoms with E-state index in [1.54, 1.807) is 0 Å². The molecule has 0 radical (unpaired) electrons. The average Bonchev–Trinajstić information content (AvgIpc) is 2.56. The summed E-state index contributed by atoms with van der Waals surface area (Å²) in [6.45, 7) is 3.24. The van der Waals surface area contributed by atoms with Crippen molar-refractivity contribution in [1.29, 1.82) is 0 Å². The highest BCUT2D eigenvalue weighted by Crippen LogP contribution is 2.26. The summed E-state index contributed by atoms with van der Waals surface area (Å²) >= 11 is 3.59. The van der Waals surface area contributed by atoms with Crippen LogP contribution in [0.3, 0.4) is 0 Å². The van der Waals surface area contributed by atoms with Gasteiger partial charge in [0.05, 0.1) is 5.69 Å². The smallest absolute Gasteiger partial charge is 0.253 e. The van der Waals surface area contributed by atoms with Gasteiger partial charge in [-0.05, 0) is 40.2 Å². The molecule has 0 aliphatic carbocycles. The summed E-state index contributed by atoms with van der Waals surface area (Å²) in [6.07, 6.45) is 0. The van der Waals surface area contributed by atoms with Crippen molar-refractivity contribution in [2.24, 2.45) is 0 Å². The fourth-order valence-electron chi connectivity index (χ4n) is 2.62. The molecule has 1 saturated heterocycles. The molecule has 0 aromatic heterocycles. The van der Waals surface area contributed by atoms with Crippen LogP contribution in [0.5, 0.6) is 0 Å². The van der Waals surface area contributed by atoms with E-state index in [9.17, 15) is 4.79 Å². The van der Waals surface area contributed by atoms with Gasteiger partial charge >= 0.3 is 0 Å². The minimum Gasteiger partial charge on any atom is -0.367 e. The SMILES string of the molecule is O=C(c1ccccc1)N1CCN(c2ccccc2Br)CC1. The predicted octanol–water partition coefficient (Wildman–Crippen LogP) is 3.41. The lowest BCUT2D eigenvalue weighted by Crippen LogP contribution is -2.48. The summed E-state index contributed by atoms with van der Waals surface area (Å²) in [6, 6.07) is 17.7. The standard InChI is InChI=1S/C17H17BrN2O/c18-15-8-4-5-9-16(15)19-10-12-20(13-11-19)17(21)14-6-2-1-3-7-14/h1-9H,10-13H2. The molecular formula is C17H17BrN2O. The molecule has 1 aliphatic rings. The van der Waals surface area contributed by atoms with E-state index in [4.69, 9.17) is 0 Å². The van der Waals surface area contributed by atoms with Crippen LogP contribution < -0.4 is 4.90 Å². The maximum absolute atomic E-state index is 12.4. The molecular weight excluding hydrogens is 328 g/mol. The summed E-state index contributed by atoms with van der Waals surface area (Å²) < 4.78 is 1.10. The first kappa shape index (κ1) is 14.1. The number of para-hydroxylation sites is 1. The molecule has 0 unspecified atom stereocenters. The Kier molecular flexibility index (Phi) is 4.25. The van der Waals surface area contributed by atoms with Gasteiger partial charge in [-0.2, -0.15) is 0 Å². The molecule has 0 spiro atoms. The second-order valence-corrected chi connectivity index (χ2v) is 5.95. The van der Waals surface area contributed by atoms with Gasteiger partial charge in [0.1, 0.15) is 0 Å². The normalized spacial score (nSPS) is 15.1. The van der Waals surface area contributed by atoms with Gasteiger partial charge in [-0.1, -0.05) is 30.3 Å². The number of anilines is 1. The second kappa shape index (κ2) is 6.31. The summed E-state index contributed by atoms with van der Waals surface area (Å²) in [4.78, 5) is 16.7. The Morgan fingerprint density at radius 2 is 1.48 bits per heavy atom. The Labute approximate surface area is 133 Å². The van der Waals surface area contributed by atoms with Crippen molar-refractivity contribution >= 4 is 27.5 Å². The third-order valence-corrected chi connectivity index (χ3v) is 4.45. The van der Waals surface area contributed by atoms with Gasteiger partial charge in [-0.3, -0.25) is 4.79 Å². The fraction of sp³-hybridized carbons (Fsp3) is 0.235. The average molecular weight is 345 g/mol. The maximum atomic E-state index is 12.4. The quantitative estimate of drug-likeness (QED) is 0.833. The maximum Gasteiger partial charge on any atom is 0.253 e. The van der Waals surface area contributed by atoms with Gasteiger partial charge in [0, 0.05) is 36.2 Å². The molecule has 1 fully saturated rings. The minimum absolute atomic E-state index is 0.127. The highest BCUT2D eigenvalue weighted by Gasteiger charge is 2.22. The van der Waals surface area contributed by atoms with Crippen molar-refractivity contribution in [1.82, 2.24) is 4.90 Å². The van der Waals surface area contributed by atoms with E-state index >= 15 is 0 Å². The Balaban J connectivity index is 1.66. The van der Waals surface area contributed by atoms with Crippen molar-refractivity contribution in [3.05, 3.63) is 64.6 Å². The molecule has 1 amide bonds. The zero-order chi connectivity index (χ0) is 14.7. The third-order valence-electron chi connectivity index (χ3n) is 3.78. The van der Waals surface area contributed by atoms with Crippen molar-refractivity contribution in [2.75, 3.05) is 31.1 Å². The van der Waals surface area contributed by atoms with E-state index in [0.717, 1.165) is 36.2 Å². The van der Waals surface area contributed by atoms with E-state index in [2.05, 4.69) is 33.0 Å². The number of amides is 1. The van der Waals surface area contributed by atoms with E-state index in [-0.39, 0.29) is 5.91 Å². The lowest BCUT2D eigenvalue weighted by molar-refractivity contribution is 0.0747. The molecule has 0 N–H and O–H groups in total. The number of carbonyl (C=O) groups is 1. The summed E-state index contributed by atoms with van der Waals surface area (Å²) in [7, 11) is 0. The topological polar surface area (TPSA) is 23.6 Å². The molecule has 1 heterocycles. The second-order valence-electron chi connectivity index (χ2n) is 5.10. The lowest BCUT2D eigenvalue weighted by atomic mass is 10.1. The fourth-order valence-corrected chi connectivity index (χ4v) is 3.16. The van der Waals surface area contributed by atoms with Crippen LogP contribution in [0.2, 0.25) is 0 Å². The number of carbonyl (C=O) groups excluding carboxylic acids is 1. The zero-order valence-electron chi connectivity index (χ0n) is 11.7. The van der Waals surface area contributed by atoms with Crippen LogP contribution in [-0.4, -0.2) is 37.0 Å². The monoisotopic (exact) mass is 344 g/mol. The van der Waals surface area contributed by atoms with Crippen LogP contribution in [-0.2, 0) is 0 Å². The molecule has 3 rings (SSSR count). The Morgan fingerprint density at radius 1 is 0.857 bits per heavy atom. The van der Waals surface area contributed by atoms with Gasteiger partial charge in [0.15, 0.2) is 0 Å². The van der Waals surface area contributed by atoms with Gasteiger partial charge in [0.2, 0.25) is 0 Å². The van der Waals surface area contributed by atoms with Crippen molar-refractivity contribution in [3.8, 4) is 0 Å². The molecule has 108 valence electrons. The highest BCUT2D eigenvalue weighted by atomic mass is 79.9. The van der Waals surface area contributed by atoms with Crippen LogP contribution in [0.15, 0.2) is 59.1 Å². The Morgan fingerprint density at radius 3 is 2.14 bits per heavy atom. The molecule has 0 atom stereocenters. The summed E-state index contributed by atoms with van der Waals surface area (Å²) in [5.74, 6) is 0.127. The van der Waals surface area contributed by atoms with Gasteiger partial charge in [-0.15, -0.1) is 0 Å². The first-order valence-electron chi connectivity index (χ1n) is 7.09. The molecule has 2 aromatic carbocycles. The van der Waals surface area contributed by atoms with E-state index in [0.29, 0.717) is 0 Å². The third kappa shape index (κ3) is 3.10. The number of benzene rings is 2. The summed E-state index contributed by atoms with van der Waals surface area (Å²) in [5.41, 5.74) is 1.97. The first-order valence-corrected chi connectivity index (χ1v) is 7.89. The van der Waals surface area contributed by atoms with Gasteiger partial charge in [-0.25, -0.2) is 0 Å². The molecule has 21 heavy (non-hydrogen) atoms. The number of nitrogens with zero attached hydrogens (tertiary/aromatic N) is 2. The van der Waals surface area contributed by atoms with Crippen LogP contribution in [0.25, 0.3) is 0 Å². The Hall–Kier alpha value is -1.81. The van der Waals surface area contributed by atoms with Gasteiger partial charge < -0.3 is 9.80 Å². The van der Waals surface area contributed by atoms with Crippen molar-refractivity contribution in [3.63, 3.8) is 0 Å². The largest absolute Gasteiger partial charge is 0.367 e. The molecule has 0 saturated carbocycles. The minimum atomic E-state index is 0.127. The highest BCUT2D eigenvalue weighted by molar-refractivity contribution is 9.10. The van der Waals surface area contributed by atoms with Crippen LogP contribution in [0, 0.1) is 0 Å². The molecule has 4 heteroatoms. The number of hydrogen-bond donors (Lipinski definition) is 0. The van der Waals surface area contributed by atoms with Gasteiger partial charge in [0.25, 0.3) is 5.91 Å². The van der Waals surface area contributed by atoms with E-state index in [1.165, 1.54) is 5.69 Å². The zero-order valence-corrected chi connectivity index (χ0v) is 13.3. The van der Waals surface area contributed by atoms with Crippen molar-refractivity contribution < 1.29 is 4.79 Å². The first-order chi connectivity index (χ1) is 10.3. The number of hydrogen-bond acceptors (Lipinski definition) is 2. The van der Waals surface area contributed by atoms with Crippen LogP contribution in [0.1, 0.15) is 10.4 Å². The van der Waals surface area contributed by atoms with E-state index in [1.807, 2.05) is 47.4 Å². The lowest BCUT2D eigenvalue weighted by Gasteiger charge is -2.36. The van der Waals surface area contributed by atoms with Crippen LogP contribution in [0.4, 0.5) is 5.69 Å². The Bertz CT molecular complexity index is 622. The van der Waals surface area contributed by atoms with E-state index < -0.39 is 0 Å². The molecule has 0 bridgehead atoms. The number of piperazine rings is 1. The number of halogens is 1. The molecule has 3 nitrogen and oxygen atoms in total. The molecule has 2 aromatic rings. The van der Waals surface area contributed by atoms with Crippen LogP contribution >= 0.6 is 15.9 Å². The number of rotatable bonds is 2. The van der Waals surface area contributed by atoms with Crippen molar-refractivity contribution in [2.45, 2.75) is 0 Å². The predicted molar refractivity (Wildman–Crippen MR) is 88.7 cm³/mol. The summed E-state index contributed by atoms with van der Waals surface area (Å²) in [5, 5.41) is 0. The molecule has 1 aliphatic heterocycles.